The second-order valence-electron chi connectivity index (χ2n) is 8.40. The molecule has 0 aliphatic carbocycles. The largest absolute Gasteiger partial charge is 0.478 e. The Balaban J connectivity index is 1.30. The number of hydrogen-bond acceptors (Lipinski definition) is 8. The summed E-state index contributed by atoms with van der Waals surface area (Å²) in [6.45, 7) is 3.21. The van der Waals surface area contributed by atoms with Gasteiger partial charge in [0.25, 0.3) is 5.88 Å². The van der Waals surface area contributed by atoms with Gasteiger partial charge in [0, 0.05) is 29.9 Å². The molecule has 0 fully saturated rings. The van der Waals surface area contributed by atoms with E-state index in [9.17, 15) is 10.2 Å². The van der Waals surface area contributed by atoms with Gasteiger partial charge in [-0.3, -0.25) is 0 Å². The van der Waals surface area contributed by atoms with Crippen LogP contribution in [0.1, 0.15) is 36.5 Å². The van der Waals surface area contributed by atoms with Crippen molar-refractivity contribution in [3.63, 3.8) is 0 Å². The first kappa shape index (κ1) is 22.3. The third-order valence-electron chi connectivity index (χ3n) is 5.89. The highest BCUT2D eigenvalue weighted by Crippen LogP contribution is 2.33. The van der Waals surface area contributed by atoms with Crippen LogP contribution in [0.25, 0.3) is 5.70 Å². The Morgan fingerprint density at radius 3 is 3.12 bits per heavy atom. The monoisotopic (exact) mass is 461 g/mol. The summed E-state index contributed by atoms with van der Waals surface area (Å²) in [6, 6.07) is 9.58. The zero-order chi connectivity index (χ0) is 23.5. The third kappa shape index (κ3) is 4.72. The van der Waals surface area contributed by atoms with E-state index in [1.54, 1.807) is 18.3 Å². The summed E-state index contributed by atoms with van der Waals surface area (Å²) in [6.07, 6.45) is 3.90. The molecule has 3 aliphatic rings. The Labute approximate surface area is 198 Å². The molecule has 0 amide bonds. The van der Waals surface area contributed by atoms with Crippen molar-refractivity contribution in [2.45, 2.75) is 44.7 Å². The highest BCUT2D eigenvalue weighted by molar-refractivity contribution is 5.97. The average molecular weight is 462 g/mol. The van der Waals surface area contributed by atoms with Gasteiger partial charge in [0.2, 0.25) is 12.2 Å². The van der Waals surface area contributed by atoms with Crippen molar-refractivity contribution in [2.75, 3.05) is 19.8 Å². The number of benzene rings is 1. The van der Waals surface area contributed by atoms with Gasteiger partial charge >= 0.3 is 0 Å². The molecule has 3 atom stereocenters. The molecule has 8 nitrogen and oxygen atoms in total. The number of aliphatic imine (C=N–C) groups is 1. The molecule has 0 saturated heterocycles. The molecule has 2 aromatic rings. The molecule has 8 heteroatoms. The third-order valence-corrected chi connectivity index (χ3v) is 5.89. The van der Waals surface area contributed by atoms with E-state index < -0.39 is 12.5 Å². The van der Waals surface area contributed by atoms with Crippen LogP contribution in [-0.2, 0) is 11.2 Å². The topological polar surface area (TPSA) is 96.6 Å². The summed E-state index contributed by atoms with van der Waals surface area (Å²) in [5.41, 5.74) is 3.88. The zero-order valence-electron chi connectivity index (χ0n) is 19.0. The number of pyridine rings is 1. The van der Waals surface area contributed by atoms with Crippen LogP contribution in [-0.4, -0.2) is 64.3 Å². The van der Waals surface area contributed by atoms with Crippen LogP contribution in [0.15, 0.2) is 47.6 Å². The van der Waals surface area contributed by atoms with Crippen LogP contribution in [0.4, 0.5) is 0 Å². The number of aliphatic hydroxyl groups is 2. The maximum atomic E-state index is 10.6. The van der Waals surface area contributed by atoms with E-state index in [2.05, 4.69) is 27.9 Å². The molecule has 0 radical (unpaired) electrons. The van der Waals surface area contributed by atoms with E-state index in [0.29, 0.717) is 37.1 Å². The van der Waals surface area contributed by atoms with Crippen LogP contribution in [0.5, 0.6) is 11.6 Å². The Bertz CT molecular complexity index is 1180. The second-order valence-corrected chi connectivity index (χ2v) is 8.40. The lowest BCUT2D eigenvalue weighted by atomic mass is 9.93. The lowest BCUT2D eigenvalue weighted by Gasteiger charge is -2.37. The normalized spacial score (nSPS) is 21.2. The summed E-state index contributed by atoms with van der Waals surface area (Å²) in [5.74, 6) is 7.38. The zero-order valence-corrected chi connectivity index (χ0v) is 19.0. The number of nitrogens with zero attached hydrogens (tertiary/aromatic N) is 3. The highest BCUT2D eigenvalue weighted by Gasteiger charge is 2.30. The fourth-order valence-electron chi connectivity index (χ4n) is 4.19. The van der Waals surface area contributed by atoms with Crippen LogP contribution in [0, 0.1) is 11.8 Å². The smallest absolute Gasteiger partial charge is 0.257 e. The van der Waals surface area contributed by atoms with Gasteiger partial charge in [0.1, 0.15) is 19.3 Å². The highest BCUT2D eigenvalue weighted by atomic mass is 16.6. The Kier molecular flexibility index (Phi) is 6.39. The van der Waals surface area contributed by atoms with Crippen molar-refractivity contribution in [1.82, 2.24) is 9.88 Å². The number of aromatic nitrogens is 1. The fourth-order valence-corrected chi connectivity index (χ4v) is 4.19. The summed E-state index contributed by atoms with van der Waals surface area (Å²) in [7, 11) is 0. The standard InChI is InChI=1S/C26H27N3O5/c1-2-4-19(30)8-6-17-7-9-21-18(13-17)10-12-29-22(21)14-24(28-26(29)31)32-15-20-16-33-25-23(34-20)5-3-11-27-25/h3,5,7,9,11,13-14,19-20,26,30-31H,2,4,10,12,15-16H2,1H3. The van der Waals surface area contributed by atoms with Crippen molar-refractivity contribution < 1.29 is 24.4 Å². The van der Waals surface area contributed by atoms with Crippen LogP contribution >= 0.6 is 0 Å². The quantitative estimate of drug-likeness (QED) is 0.675. The number of hydrogen-bond donors (Lipinski definition) is 2. The lowest BCUT2D eigenvalue weighted by Crippen LogP contribution is -2.41. The van der Waals surface area contributed by atoms with E-state index in [0.717, 1.165) is 35.2 Å². The van der Waals surface area contributed by atoms with Gasteiger partial charge in [0.15, 0.2) is 11.9 Å². The number of aliphatic hydroxyl groups excluding tert-OH is 2. The van der Waals surface area contributed by atoms with E-state index in [1.165, 1.54) is 0 Å². The van der Waals surface area contributed by atoms with Crippen molar-refractivity contribution in [3.05, 3.63) is 59.3 Å². The molecule has 1 aromatic heterocycles. The van der Waals surface area contributed by atoms with Crippen molar-refractivity contribution in [2.24, 2.45) is 4.99 Å². The molecule has 3 aliphatic heterocycles. The molecule has 1 aromatic carbocycles. The van der Waals surface area contributed by atoms with Crippen LogP contribution in [0.3, 0.4) is 0 Å². The molecule has 0 saturated carbocycles. The minimum absolute atomic E-state index is 0.227. The maximum Gasteiger partial charge on any atom is 0.257 e. The second kappa shape index (κ2) is 9.75. The van der Waals surface area contributed by atoms with Crippen molar-refractivity contribution >= 4 is 11.6 Å². The molecule has 3 unspecified atom stereocenters. The number of rotatable bonds is 4. The summed E-state index contributed by atoms with van der Waals surface area (Å²) in [5, 5.41) is 20.5. The summed E-state index contributed by atoms with van der Waals surface area (Å²) in [4.78, 5) is 10.3. The Hall–Kier alpha value is -3.54. The van der Waals surface area contributed by atoms with Gasteiger partial charge in [-0.2, -0.15) is 4.99 Å². The van der Waals surface area contributed by atoms with E-state index in [4.69, 9.17) is 14.2 Å². The van der Waals surface area contributed by atoms with Gasteiger partial charge in [-0.05, 0) is 42.7 Å². The van der Waals surface area contributed by atoms with E-state index in [1.807, 2.05) is 30.0 Å². The maximum absolute atomic E-state index is 10.6. The first-order chi connectivity index (χ1) is 16.6. The van der Waals surface area contributed by atoms with E-state index >= 15 is 0 Å². The molecule has 176 valence electrons. The van der Waals surface area contributed by atoms with Gasteiger partial charge in [-0.25, -0.2) is 4.98 Å². The molecule has 34 heavy (non-hydrogen) atoms. The van der Waals surface area contributed by atoms with Gasteiger partial charge in [0.05, 0.1) is 5.70 Å². The molecular formula is C26H27N3O5. The molecular weight excluding hydrogens is 434 g/mol. The Morgan fingerprint density at radius 2 is 2.24 bits per heavy atom. The van der Waals surface area contributed by atoms with Gasteiger partial charge < -0.3 is 29.3 Å². The molecule has 0 spiro atoms. The number of fused-ring (bicyclic) bond motifs is 4. The minimum atomic E-state index is -1.01. The van der Waals surface area contributed by atoms with Crippen LogP contribution < -0.4 is 9.47 Å². The molecule has 4 heterocycles. The van der Waals surface area contributed by atoms with Crippen molar-refractivity contribution in [1.29, 1.82) is 0 Å². The molecule has 2 N–H and O–H groups in total. The minimum Gasteiger partial charge on any atom is -0.478 e. The first-order valence-electron chi connectivity index (χ1n) is 11.5. The van der Waals surface area contributed by atoms with Gasteiger partial charge in [-0.15, -0.1) is 0 Å². The lowest BCUT2D eigenvalue weighted by molar-refractivity contribution is 0.0348. The van der Waals surface area contributed by atoms with Crippen molar-refractivity contribution in [3.8, 4) is 23.5 Å². The predicted octanol–water partition coefficient (Wildman–Crippen LogP) is 2.34. The number of ether oxygens (including phenoxy) is 3. The molecule has 0 bridgehead atoms. The van der Waals surface area contributed by atoms with Gasteiger partial charge in [-0.1, -0.05) is 31.3 Å². The SMILES string of the molecule is CCCC(O)C#Cc1ccc2c(c1)CCN1C2=CC(OCC2COc3ncccc3O2)=NC1O. The van der Waals surface area contributed by atoms with Crippen LogP contribution in [0.2, 0.25) is 0 Å². The predicted molar refractivity (Wildman–Crippen MR) is 126 cm³/mol. The van der Waals surface area contributed by atoms with E-state index in [-0.39, 0.29) is 12.7 Å². The first-order valence-corrected chi connectivity index (χ1v) is 11.5. The molecule has 5 rings (SSSR count). The average Bonchev–Trinajstić information content (AvgIpc) is 2.86. The Morgan fingerprint density at radius 1 is 1.32 bits per heavy atom. The summed E-state index contributed by atoms with van der Waals surface area (Å²) >= 11 is 0. The summed E-state index contributed by atoms with van der Waals surface area (Å²) < 4.78 is 17.4. The fraction of sp³-hybridized carbons (Fsp3) is 0.385.